The molecule has 0 spiro atoms. The fraction of sp³-hybridized carbons (Fsp3) is 0. The van der Waals surface area contributed by atoms with E-state index in [1.54, 1.807) is 30.3 Å². The number of halogens is 2. The van der Waals surface area contributed by atoms with E-state index < -0.39 is 0 Å². The van der Waals surface area contributed by atoms with Gasteiger partial charge in [-0.3, -0.25) is 0 Å². The second kappa shape index (κ2) is 4.02. The lowest BCUT2D eigenvalue weighted by atomic mass is 10.0. The van der Waals surface area contributed by atoms with Gasteiger partial charge in [-0.1, -0.05) is 29.8 Å². The summed E-state index contributed by atoms with van der Waals surface area (Å²) in [6.45, 7) is 0. The van der Waals surface area contributed by atoms with E-state index in [0.717, 1.165) is 0 Å². The average Bonchev–Trinajstić information content (AvgIpc) is 2.26. The summed E-state index contributed by atoms with van der Waals surface area (Å²) in [5.74, 6) is -0.317. The maximum atomic E-state index is 13.5. The molecule has 0 aliphatic carbocycles. The van der Waals surface area contributed by atoms with E-state index in [0.29, 0.717) is 27.5 Å². The molecule has 0 saturated carbocycles. The van der Waals surface area contributed by atoms with Crippen molar-refractivity contribution in [1.29, 1.82) is 0 Å². The molecule has 0 aromatic heterocycles. The molecule has 0 fully saturated rings. The maximum Gasteiger partial charge on any atom is 0.131 e. The number of benzene rings is 2. The molecule has 0 saturated heterocycles. The first-order valence-electron chi connectivity index (χ1n) is 4.69. The summed E-state index contributed by atoms with van der Waals surface area (Å²) in [6, 6.07) is 9.64. The van der Waals surface area contributed by atoms with Crippen molar-refractivity contribution in [3.05, 3.63) is 47.2 Å². The van der Waals surface area contributed by atoms with Crippen molar-refractivity contribution in [3.63, 3.8) is 0 Å². The van der Waals surface area contributed by atoms with Crippen LogP contribution in [0.3, 0.4) is 0 Å². The van der Waals surface area contributed by atoms with Crippen LogP contribution in [-0.4, -0.2) is 0 Å². The van der Waals surface area contributed by atoms with Crippen LogP contribution >= 0.6 is 11.6 Å². The van der Waals surface area contributed by atoms with Crippen LogP contribution in [0.25, 0.3) is 11.1 Å². The predicted molar refractivity (Wildman–Crippen MR) is 65.7 cm³/mol. The summed E-state index contributed by atoms with van der Waals surface area (Å²) in [5.41, 5.74) is 13.0. The Kier molecular flexibility index (Phi) is 2.71. The Balaban J connectivity index is 2.62. The Bertz CT molecular complexity index is 517. The average molecular weight is 237 g/mol. The van der Waals surface area contributed by atoms with Crippen LogP contribution in [0.2, 0.25) is 5.02 Å². The van der Waals surface area contributed by atoms with Gasteiger partial charge in [-0.25, -0.2) is 4.39 Å². The highest BCUT2D eigenvalue weighted by Crippen LogP contribution is 2.32. The molecular formula is C12H10ClFN2. The topological polar surface area (TPSA) is 52.0 Å². The molecule has 2 aromatic carbocycles. The number of hydrogen-bond donors (Lipinski definition) is 2. The van der Waals surface area contributed by atoms with Gasteiger partial charge in [0, 0.05) is 5.56 Å². The lowest BCUT2D eigenvalue weighted by Crippen LogP contribution is -1.96. The van der Waals surface area contributed by atoms with Gasteiger partial charge in [0.15, 0.2) is 0 Å². The van der Waals surface area contributed by atoms with Crippen molar-refractivity contribution < 1.29 is 4.39 Å². The summed E-state index contributed by atoms with van der Waals surface area (Å²) in [4.78, 5) is 0. The van der Waals surface area contributed by atoms with Crippen LogP contribution < -0.4 is 11.5 Å². The van der Waals surface area contributed by atoms with Crippen molar-refractivity contribution in [2.24, 2.45) is 0 Å². The third-order valence-corrected chi connectivity index (χ3v) is 2.66. The Labute approximate surface area is 97.6 Å². The van der Waals surface area contributed by atoms with E-state index in [2.05, 4.69) is 0 Å². The van der Waals surface area contributed by atoms with Crippen molar-refractivity contribution in [2.75, 3.05) is 11.5 Å². The molecule has 2 nitrogen and oxygen atoms in total. The fourth-order valence-corrected chi connectivity index (χ4v) is 1.72. The van der Waals surface area contributed by atoms with Crippen LogP contribution in [0.5, 0.6) is 0 Å². The van der Waals surface area contributed by atoms with Gasteiger partial charge >= 0.3 is 0 Å². The van der Waals surface area contributed by atoms with Gasteiger partial charge in [0.1, 0.15) is 5.82 Å². The second-order valence-electron chi connectivity index (χ2n) is 3.44. The highest BCUT2D eigenvalue weighted by molar-refractivity contribution is 6.34. The highest BCUT2D eigenvalue weighted by Gasteiger charge is 2.08. The van der Waals surface area contributed by atoms with E-state index in [4.69, 9.17) is 23.1 Å². The number of hydrogen-bond acceptors (Lipinski definition) is 2. The van der Waals surface area contributed by atoms with Crippen molar-refractivity contribution in [3.8, 4) is 11.1 Å². The highest BCUT2D eigenvalue weighted by atomic mass is 35.5. The standard InChI is InChI=1S/C12H10ClFN2/c13-9-5-7(6-11(15)12(9)16)8-3-1-2-4-10(8)14/h1-6H,15-16H2. The summed E-state index contributed by atoms with van der Waals surface area (Å²) >= 11 is 5.89. The number of anilines is 2. The molecule has 4 heteroatoms. The molecular weight excluding hydrogens is 227 g/mol. The number of rotatable bonds is 1. The molecule has 4 N–H and O–H groups in total. The molecule has 0 unspecified atom stereocenters. The predicted octanol–water partition coefficient (Wildman–Crippen LogP) is 3.31. The molecule has 2 aromatic rings. The first kappa shape index (κ1) is 10.8. The number of nitrogens with two attached hydrogens (primary N) is 2. The zero-order valence-electron chi connectivity index (χ0n) is 8.37. The second-order valence-corrected chi connectivity index (χ2v) is 3.85. The van der Waals surface area contributed by atoms with E-state index in [-0.39, 0.29) is 5.82 Å². The monoisotopic (exact) mass is 236 g/mol. The fourth-order valence-electron chi connectivity index (χ4n) is 1.49. The summed E-state index contributed by atoms with van der Waals surface area (Å²) < 4.78 is 13.5. The van der Waals surface area contributed by atoms with E-state index in [1.807, 2.05) is 0 Å². The van der Waals surface area contributed by atoms with Gasteiger partial charge in [-0.2, -0.15) is 0 Å². The van der Waals surface area contributed by atoms with Gasteiger partial charge in [-0.15, -0.1) is 0 Å². The Morgan fingerprint density at radius 1 is 1.06 bits per heavy atom. The molecule has 2 rings (SSSR count). The van der Waals surface area contributed by atoms with Crippen molar-refractivity contribution in [2.45, 2.75) is 0 Å². The molecule has 0 aliphatic rings. The maximum absolute atomic E-state index is 13.5. The summed E-state index contributed by atoms with van der Waals surface area (Å²) in [6.07, 6.45) is 0. The lowest BCUT2D eigenvalue weighted by Gasteiger charge is -2.08. The van der Waals surface area contributed by atoms with Crippen LogP contribution in [0.4, 0.5) is 15.8 Å². The third kappa shape index (κ3) is 1.82. The minimum absolute atomic E-state index is 0.317. The van der Waals surface area contributed by atoms with Crippen LogP contribution in [0.1, 0.15) is 0 Å². The SMILES string of the molecule is Nc1cc(-c2ccccc2F)cc(Cl)c1N. The van der Waals surface area contributed by atoms with E-state index in [9.17, 15) is 4.39 Å². The van der Waals surface area contributed by atoms with Crippen molar-refractivity contribution in [1.82, 2.24) is 0 Å². The normalized spacial score (nSPS) is 10.4. The van der Waals surface area contributed by atoms with E-state index >= 15 is 0 Å². The molecule has 0 bridgehead atoms. The van der Waals surface area contributed by atoms with Gasteiger partial charge in [0.2, 0.25) is 0 Å². The molecule has 0 amide bonds. The Morgan fingerprint density at radius 3 is 2.38 bits per heavy atom. The largest absolute Gasteiger partial charge is 0.397 e. The van der Waals surface area contributed by atoms with Crippen molar-refractivity contribution >= 4 is 23.0 Å². The van der Waals surface area contributed by atoms with Gasteiger partial charge in [0.05, 0.1) is 16.4 Å². The minimum Gasteiger partial charge on any atom is -0.397 e. The smallest absolute Gasteiger partial charge is 0.131 e. The first-order valence-corrected chi connectivity index (χ1v) is 5.07. The Morgan fingerprint density at radius 2 is 1.75 bits per heavy atom. The lowest BCUT2D eigenvalue weighted by molar-refractivity contribution is 0.631. The molecule has 0 heterocycles. The quantitative estimate of drug-likeness (QED) is 0.747. The molecule has 16 heavy (non-hydrogen) atoms. The molecule has 0 atom stereocenters. The van der Waals surface area contributed by atoms with E-state index in [1.165, 1.54) is 6.07 Å². The van der Waals surface area contributed by atoms with Crippen LogP contribution in [0, 0.1) is 5.82 Å². The summed E-state index contributed by atoms with van der Waals surface area (Å²) in [7, 11) is 0. The molecule has 82 valence electrons. The minimum atomic E-state index is -0.317. The van der Waals surface area contributed by atoms with Gasteiger partial charge < -0.3 is 11.5 Å². The summed E-state index contributed by atoms with van der Waals surface area (Å²) in [5, 5.41) is 0.332. The first-order chi connectivity index (χ1) is 7.59. The zero-order chi connectivity index (χ0) is 11.7. The Hall–Kier alpha value is -1.74. The van der Waals surface area contributed by atoms with Crippen LogP contribution in [0.15, 0.2) is 36.4 Å². The molecule has 0 radical (unpaired) electrons. The van der Waals surface area contributed by atoms with Gasteiger partial charge in [0.25, 0.3) is 0 Å². The third-order valence-electron chi connectivity index (χ3n) is 2.35. The zero-order valence-corrected chi connectivity index (χ0v) is 9.13. The van der Waals surface area contributed by atoms with Crippen LogP contribution in [-0.2, 0) is 0 Å². The number of nitrogen functional groups attached to an aromatic ring is 2. The molecule has 0 aliphatic heterocycles. The van der Waals surface area contributed by atoms with Gasteiger partial charge in [-0.05, 0) is 23.8 Å².